The van der Waals surface area contributed by atoms with E-state index in [0.717, 1.165) is 17.7 Å². The molecule has 0 saturated heterocycles. The Kier molecular flexibility index (Phi) is 3.88. The molecule has 0 unspecified atom stereocenters. The molecule has 2 heterocycles. The van der Waals surface area contributed by atoms with Crippen molar-refractivity contribution in [2.24, 2.45) is 11.1 Å². The highest BCUT2D eigenvalue weighted by Gasteiger charge is 2.16. The highest BCUT2D eigenvalue weighted by Crippen LogP contribution is 2.23. The van der Waals surface area contributed by atoms with Crippen LogP contribution in [0.2, 0.25) is 0 Å². The molecule has 0 aliphatic carbocycles. The topological polar surface area (TPSA) is 73.8 Å². The molecular weight excluding hydrogens is 252 g/mol. The van der Waals surface area contributed by atoms with Gasteiger partial charge < -0.3 is 5.73 Å². The zero-order chi connectivity index (χ0) is 14.8. The average Bonchev–Trinajstić information content (AvgIpc) is 2.81. The fourth-order valence-corrected chi connectivity index (χ4v) is 1.93. The summed E-state index contributed by atoms with van der Waals surface area (Å²) in [7, 11) is 0. The molecule has 20 heavy (non-hydrogen) atoms. The van der Waals surface area contributed by atoms with Crippen LogP contribution < -0.4 is 5.73 Å². The van der Waals surface area contributed by atoms with Crippen molar-refractivity contribution < 1.29 is 4.79 Å². The Balaban J connectivity index is 2.32. The van der Waals surface area contributed by atoms with Crippen LogP contribution in [0, 0.1) is 5.41 Å². The van der Waals surface area contributed by atoms with Gasteiger partial charge >= 0.3 is 6.03 Å². The number of amides is 1. The molecule has 5 heteroatoms. The predicted octanol–water partition coefficient (Wildman–Crippen LogP) is 2.85. The van der Waals surface area contributed by atoms with Crippen molar-refractivity contribution in [3.05, 3.63) is 36.5 Å². The Morgan fingerprint density at radius 2 is 2.15 bits per heavy atom. The number of carbonyl (C=O) groups is 1. The molecule has 0 aromatic carbocycles. The van der Waals surface area contributed by atoms with E-state index < -0.39 is 6.03 Å². The molecule has 2 aromatic heterocycles. The van der Waals surface area contributed by atoms with Gasteiger partial charge in [-0.25, -0.2) is 9.78 Å². The van der Waals surface area contributed by atoms with Gasteiger partial charge in [0.25, 0.3) is 0 Å². The molecule has 0 bridgehead atoms. The Labute approximate surface area is 118 Å². The minimum Gasteiger partial charge on any atom is -0.351 e. The number of aryl methyl sites for hydroxylation is 1. The molecule has 2 rings (SSSR count). The summed E-state index contributed by atoms with van der Waals surface area (Å²) >= 11 is 0. The molecule has 2 aromatic rings. The fourth-order valence-electron chi connectivity index (χ4n) is 1.93. The molecule has 0 atom stereocenters. The van der Waals surface area contributed by atoms with Gasteiger partial charge in [0.15, 0.2) is 0 Å². The van der Waals surface area contributed by atoms with Crippen LogP contribution in [0.1, 0.15) is 33.0 Å². The van der Waals surface area contributed by atoms with Crippen molar-refractivity contribution in [3.63, 3.8) is 0 Å². The standard InChI is InChI=1S/C15H20N4O/c1-15(2,3)7-6-13-18-12(10-19(13)14(16)20)11-5-4-8-17-9-11/h4-5,8-10H,6-7H2,1-3H3,(H2,16,20). The number of nitrogens with zero attached hydrogens (tertiary/aromatic N) is 3. The van der Waals surface area contributed by atoms with Gasteiger partial charge in [0.1, 0.15) is 5.82 Å². The van der Waals surface area contributed by atoms with Crippen LogP contribution in [0.3, 0.4) is 0 Å². The number of rotatable bonds is 3. The molecule has 0 aliphatic heterocycles. The number of pyridine rings is 1. The van der Waals surface area contributed by atoms with Gasteiger partial charge in [-0.05, 0) is 24.0 Å². The molecule has 106 valence electrons. The van der Waals surface area contributed by atoms with E-state index in [1.807, 2.05) is 12.1 Å². The van der Waals surface area contributed by atoms with E-state index in [0.29, 0.717) is 12.2 Å². The molecular formula is C15H20N4O. The minimum atomic E-state index is -0.503. The molecule has 0 aliphatic rings. The van der Waals surface area contributed by atoms with Gasteiger partial charge in [0.05, 0.1) is 5.69 Å². The van der Waals surface area contributed by atoms with Crippen molar-refractivity contribution >= 4 is 6.03 Å². The summed E-state index contributed by atoms with van der Waals surface area (Å²) in [6.07, 6.45) is 6.75. The SMILES string of the molecule is CC(C)(C)CCc1nc(-c2cccnc2)cn1C(N)=O. The second-order valence-electron chi connectivity index (χ2n) is 6.05. The van der Waals surface area contributed by atoms with Crippen LogP contribution in [-0.4, -0.2) is 20.6 Å². The lowest BCUT2D eigenvalue weighted by molar-refractivity contribution is 0.249. The van der Waals surface area contributed by atoms with E-state index in [1.54, 1.807) is 18.6 Å². The van der Waals surface area contributed by atoms with Crippen LogP contribution in [0.4, 0.5) is 4.79 Å². The minimum absolute atomic E-state index is 0.183. The number of hydrogen-bond donors (Lipinski definition) is 1. The molecule has 0 radical (unpaired) electrons. The maximum Gasteiger partial charge on any atom is 0.324 e. The maximum absolute atomic E-state index is 11.5. The lowest BCUT2D eigenvalue weighted by Crippen LogP contribution is -2.22. The largest absolute Gasteiger partial charge is 0.351 e. The van der Waals surface area contributed by atoms with Gasteiger partial charge in [-0.3, -0.25) is 9.55 Å². The highest BCUT2D eigenvalue weighted by atomic mass is 16.2. The second kappa shape index (κ2) is 5.45. The number of carbonyl (C=O) groups excluding carboxylic acids is 1. The van der Waals surface area contributed by atoms with Crippen LogP contribution in [0.15, 0.2) is 30.7 Å². The van der Waals surface area contributed by atoms with Gasteiger partial charge in [0.2, 0.25) is 0 Å². The fraction of sp³-hybridized carbons (Fsp3) is 0.400. The number of hydrogen-bond acceptors (Lipinski definition) is 3. The van der Waals surface area contributed by atoms with Crippen molar-refractivity contribution in [3.8, 4) is 11.3 Å². The van der Waals surface area contributed by atoms with Crippen LogP contribution in [0.25, 0.3) is 11.3 Å². The van der Waals surface area contributed by atoms with E-state index in [9.17, 15) is 4.79 Å². The normalized spacial score (nSPS) is 11.6. The number of primary amides is 1. The van der Waals surface area contributed by atoms with Crippen LogP contribution in [0.5, 0.6) is 0 Å². The Bertz CT molecular complexity index is 596. The Morgan fingerprint density at radius 1 is 1.40 bits per heavy atom. The quantitative estimate of drug-likeness (QED) is 0.933. The van der Waals surface area contributed by atoms with Gasteiger partial charge in [0, 0.05) is 30.6 Å². The van der Waals surface area contributed by atoms with Gasteiger partial charge in [-0.1, -0.05) is 20.8 Å². The first-order valence-electron chi connectivity index (χ1n) is 6.65. The summed E-state index contributed by atoms with van der Waals surface area (Å²) in [5.41, 5.74) is 7.20. The van der Waals surface area contributed by atoms with E-state index in [1.165, 1.54) is 4.57 Å². The smallest absolute Gasteiger partial charge is 0.324 e. The molecule has 5 nitrogen and oxygen atoms in total. The van der Waals surface area contributed by atoms with E-state index in [-0.39, 0.29) is 5.41 Å². The van der Waals surface area contributed by atoms with E-state index in [2.05, 4.69) is 30.7 Å². The summed E-state index contributed by atoms with van der Waals surface area (Å²) in [6.45, 7) is 6.48. The molecule has 0 saturated carbocycles. The summed E-state index contributed by atoms with van der Waals surface area (Å²) in [4.78, 5) is 20.1. The summed E-state index contributed by atoms with van der Waals surface area (Å²) < 4.78 is 1.42. The van der Waals surface area contributed by atoms with Crippen molar-refractivity contribution in [2.45, 2.75) is 33.6 Å². The molecule has 1 amide bonds. The molecule has 2 N–H and O–H groups in total. The zero-order valence-electron chi connectivity index (χ0n) is 12.1. The maximum atomic E-state index is 11.5. The summed E-state index contributed by atoms with van der Waals surface area (Å²) in [5, 5.41) is 0. The first kappa shape index (κ1) is 14.2. The Morgan fingerprint density at radius 3 is 2.70 bits per heavy atom. The second-order valence-corrected chi connectivity index (χ2v) is 6.05. The summed E-state index contributed by atoms with van der Waals surface area (Å²) in [5.74, 6) is 0.700. The third-order valence-electron chi connectivity index (χ3n) is 3.07. The van der Waals surface area contributed by atoms with Gasteiger partial charge in [-0.2, -0.15) is 0 Å². The van der Waals surface area contributed by atoms with Crippen molar-refractivity contribution in [1.82, 2.24) is 14.5 Å². The first-order valence-corrected chi connectivity index (χ1v) is 6.65. The first-order chi connectivity index (χ1) is 9.37. The predicted molar refractivity (Wildman–Crippen MR) is 78.2 cm³/mol. The van der Waals surface area contributed by atoms with Gasteiger partial charge in [-0.15, -0.1) is 0 Å². The number of aromatic nitrogens is 3. The van der Waals surface area contributed by atoms with E-state index in [4.69, 9.17) is 5.73 Å². The van der Waals surface area contributed by atoms with Crippen molar-refractivity contribution in [1.29, 1.82) is 0 Å². The van der Waals surface area contributed by atoms with E-state index >= 15 is 0 Å². The highest BCUT2D eigenvalue weighted by molar-refractivity contribution is 5.77. The lowest BCUT2D eigenvalue weighted by atomic mass is 9.90. The lowest BCUT2D eigenvalue weighted by Gasteiger charge is -2.17. The molecule has 0 fully saturated rings. The Hall–Kier alpha value is -2.17. The summed E-state index contributed by atoms with van der Waals surface area (Å²) in [6, 6.07) is 3.25. The third-order valence-corrected chi connectivity index (χ3v) is 3.07. The number of imidazole rings is 1. The van der Waals surface area contributed by atoms with Crippen molar-refractivity contribution in [2.75, 3.05) is 0 Å². The molecule has 0 spiro atoms. The number of nitrogens with two attached hydrogens (primary N) is 1. The monoisotopic (exact) mass is 272 g/mol. The van der Waals surface area contributed by atoms with Crippen LogP contribution >= 0.6 is 0 Å². The zero-order valence-corrected chi connectivity index (χ0v) is 12.1. The average molecular weight is 272 g/mol. The van der Waals surface area contributed by atoms with Crippen LogP contribution in [-0.2, 0) is 6.42 Å². The third kappa shape index (κ3) is 3.44.